The average Bonchev–Trinajstić information content (AvgIpc) is 2.78. The van der Waals surface area contributed by atoms with Crippen molar-refractivity contribution < 1.29 is 9.21 Å². The van der Waals surface area contributed by atoms with Gasteiger partial charge in [0.05, 0.1) is 11.8 Å². The van der Waals surface area contributed by atoms with Crippen LogP contribution >= 0.6 is 27.5 Å². The molecule has 0 bridgehead atoms. The molecule has 0 radical (unpaired) electrons. The van der Waals surface area contributed by atoms with Gasteiger partial charge in [0.1, 0.15) is 0 Å². The first-order chi connectivity index (χ1) is 8.70. The smallest absolute Gasteiger partial charge is 0.260 e. The number of benzene rings is 1. The van der Waals surface area contributed by atoms with Crippen molar-refractivity contribution in [2.45, 2.75) is 6.42 Å². The van der Waals surface area contributed by atoms with Crippen molar-refractivity contribution in [1.29, 1.82) is 0 Å². The summed E-state index contributed by atoms with van der Waals surface area (Å²) in [6.07, 6.45) is 2.35. The quantitative estimate of drug-likeness (QED) is 0.858. The predicted octanol–water partition coefficient (Wildman–Crippen LogP) is 4.12. The Bertz CT molecular complexity index is 536. The molecule has 0 fully saturated rings. The highest BCUT2D eigenvalue weighted by molar-refractivity contribution is 9.09. The van der Waals surface area contributed by atoms with Gasteiger partial charge >= 0.3 is 0 Å². The number of rotatable bonds is 4. The van der Waals surface area contributed by atoms with Gasteiger partial charge in [-0.25, -0.2) is 0 Å². The summed E-state index contributed by atoms with van der Waals surface area (Å²) in [6.45, 7) is 0. The molecule has 0 unspecified atom stereocenters. The van der Waals surface area contributed by atoms with E-state index in [0.29, 0.717) is 5.56 Å². The number of halogens is 2. The fraction of sp³-hybridized carbons (Fsp3) is 0.154. The van der Waals surface area contributed by atoms with Crippen LogP contribution in [0.25, 0.3) is 0 Å². The second-order valence-corrected chi connectivity index (χ2v) is 4.83. The highest BCUT2D eigenvalue weighted by atomic mass is 79.9. The van der Waals surface area contributed by atoms with Gasteiger partial charge in [-0.2, -0.15) is 0 Å². The minimum atomic E-state index is -0.276. The van der Waals surface area contributed by atoms with Crippen LogP contribution in [0.5, 0.6) is 0 Å². The standard InChI is InChI=1S/C13H11BrClNO2/c14-7-5-9-1-3-10(4-2-9)16-13(17)11-6-8-18-12(11)15/h1-4,6,8H,5,7H2,(H,16,17). The Kier molecular flexibility index (Phi) is 4.44. The molecule has 0 aliphatic carbocycles. The number of furan rings is 1. The Morgan fingerprint density at radius 3 is 2.56 bits per heavy atom. The Morgan fingerprint density at radius 1 is 1.28 bits per heavy atom. The van der Waals surface area contributed by atoms with Crippen LogP contribution in [0.15, 0.2) is 41.0 Å². The third-order valence-electron chi connectivity index (χ3n) is 2.46. The van der Waals surface area contributed by atoms with Gasteiger partial charge in [0.2, 0.25) is 5.22 Å². The normalized spacial score (nSPS) is 10.3. The first-order valence-electron chi connectivity index (χ1n) is 5.40. The number of anilines is 1. The molecule has 0 saturated carbocycles. The predicted molar refractivity (Wildman–Crippen MR) is 75.6 cm³/mol. The van der Waals surface area contributed by atoms with Gasteiger partial charge in [0.25, 0.3) is 5.91 Å². The molecule has 1 aromatic carbocycles. The zero-order valence-corrected chi connectivity index (χ0v) is 11.8. The number of amides is 1. The zero-order valence-electron chi connectivity index (χ0n) is 9.45. The van der Waals surface area contributed by atoms with Crippen LogP contribution < -0.4 is 5.32 Å². The molecule has 94 valence electrons. The van der Waals surface area contributed by atoms with Gasteiger partial charge in [-0.3, -0.25) is 4.79 Å². The van der Waals surface area contributed by atoms with E-state index in [0.717, 1.165) is 17.4 Å². The van der Waals surface area contributed by atoms with E-state index in [1.54, 1.807) is 0 Å². The number of hydrogen-bond acceptors (Lipinski definition) is 2. The summed E-state index contributed by atoms with van der Waals surface area (Å²) in [6, 6.07) is 9.23. The molecule has 0 aliphatic heterocycles. The van der Waals surface area contributed by atoms with Gasteiger partial charge in [-0.15, -0.1) is 0 Å². The molecule has 1 amide bonds. The van der Waals surface area contributed by atoms with Crippen LogP contribution in [0, 0.1) is 0 Å². The zero-order chi connectivity index (χ0) is 13.0. The van der Waals surface area contributed by atoms with Crippen molar-refractivity contribution in [2.24, 2.45) is 0 Å². The lowest BCUT2D eigenvalue weighted by atomic mass is 10.1. The number of hydrogen-bond donors (Lipinski definition) is 1. The fourth-order valence-corrected chi connectivity index (χ4v) is 2.18. The van der Waals surface area contributed by atoms with Crippen molar-refractivity contribution in [3.8, 4) is 0 Å². The van der Waals surface area contributed by atoms with E-state index in [4.69, 9.17) is 16.0 Å². The van der Waals surface area contributed by atoms with Gasteiger partial charge < -0.3 is 9.73 Å². The summed E-state index contributed by atoms with van der Waals surface area (Å²) in [5, 5.41) is 3.78. The Balaban J connectivity index is 2.05. The molecule has 1 aromatic heterocycles. The number of alkyl halides is 1. The third kappa shape index (κ3) is 3.15. The van der Waals surface area contributed by atoms with Gasteiger partial charge in [0.15, 0.2) is 0 Å². The van der Waals surface area contributed by atoms with Crippen LogP contribution in [0.4, 0.5) is 5.69 Å². The highest BCUT2D eigenvalue weighted by Gasteiger charge is 2.12. The van der Waals surface area contributed by atoms with E-state index in [-0.39, 0.29) is 11.1 Å². The average molecular weight is 329 g/mol. The molecule has 5 heteroatoms. The topological polar surface area (TPSA) is 42.2 Å². The lowest BCUT2D eigenvalue weighted by molar-refractivity contribution is 0.102. The Hall–Kier alpha value is -1.26. The molecule has 0 atom stereocenters. The Morgan fingerprint density at radius 2 is 2.00 bits per heavy atom. The second kappa shape index (κ2) is 6.07. The third-order valence-corrected chi connectivity index (χ3v) is 3.15. The maximum atomic E-state index is 11.8. The Labute approximate surface area is 118 Å². The molecule has 1 heterocycles. The second-order valence-electron chi connectivity index (χ2n) is 3.70. The first-order valence-corrected chi connectivity index (χ1v) is 6.90. The minimum Gasteiger partial charge on any atom is -0.452 e. The maximum Gasteiger partial charge on any atom is 0.260 e. The molecule has 1 N–H and O–H groups in total. The summed E-state index contributed by atoms with van der Waals surface area (Å²) in [7, 11) is 0. The largest absolute Gasteiger partial charge is 0.452 e. The highest BCUT2D eigenvalue weighted by Crippen LogP contribution is 2.19. The van der Waals surface area contributed by atoms with E-state index in [2.05, 4.69) is 21.2 Å². The molecule has 0 saturated heterocycles. The van der Waals surface area contributed by atoms with Crippen LogP contribution in [-0.4, -0.2) is 11.2 Å². The summed E-state index contributed by atoms with van der Waals surface area (Å²) < 4.78 is 4.87. The number of aryl methyl sites for hydroxylation is 1. The van der Waals surface area contributed by atoms with E-state index < -0.39 is 0 Å². The van der Waals surface area contributed by atoms with Gasteiger partial charge in [0, 0.05) is 11.0 Å². The monoisotopic (exact) mass is 327 g/mol. The molecule has 2 aromatic rings. The van der Waals surface area contributed by atoms with Gasteiger partial charge in [-0.05, 0) is 41.8 Å². The maximum absolute atomic E-state index is 11.8. The summed E-state index contributed by atoms with van der Waals surface area (Å²) in [4.78, 5) is 11.8. The van der Waals surface area contributed by atoms with Crippen molar-refractivity contribution in [3.63, 3.8) is 0 Å². The molecule has 0 spiro atoms. The number of nitrogens with one attached hydrogen (secondary N) is 1. The van der Waals surface area contributed by atoms with Crippen molar-refractivity contribution in [1.82, 2.24) is 0 Å². The van der Waals surface area contributed by atoms with Gasteiger partial charge in [-0.1, -0.05) is 28.1 Å². The summed E-state index contributed by atoms with van der Waals surface area (Å²) in [5.74, 6) is -0.276. The van der Waals surface area contributed by atoms with Crippen molar-refractivity contribution in [2.75, 3.05) is 10.6 Å². The van der Waals surface area contributed by atoms with E-state index in [9.17, 15) is 4.79 Å². The van der Waals surface area contributed by atoms with Crippen LogP contribution in [0.1, 0.15) is 15.9 Å². The lowest BCUT2D eigenvalue weighted by Gasteiger charge is -2.05. The van der Waals surface area contributed by atoms with E-state index >= 15 is 0 Å². The minimum absolute atomic E-state index is 0.100. The lowest BCUT2D eigenvalue weighted by Crippen LogP contribution is -2.11. The van der Waals surface area contributed by atoms with E-state index in [1.807, 2.05) is 24.3 Å². The summed E-state index contributed by atoms with van der Waals surface area (Å²) >= 11 is 9.12. The molecule has 2 rings (SSSR count). The van der Waals surface area contributed by atoms with Crippen LogP contribution in [-0.2, 0) is 6.42 Å². The van der Waals surface area contributed by atoms with E-state index in [1.165, 1.54) is 17.9 Å². The number of carbonyl (C=O) groups is 1. The first kappa shape index (κ1) is 13.2. The summed E-state index contributed by atoms with van der Waals surface area (Å²) in [5.41, 5.74) is 2.28. The molecule has 3 nitrogen and oxygen atoms in total. The molecular formula is C13H11BrClNO2. The molecular weight excluding hydrogens is 318 g/mol. The fourth-order valence-electron chi connectivity index (χ4n) is 1.52. The molecule has 18 heavy (non-hydrogen) atoms. The molecule has 0 aliphatic rings. The van der Waals surface area contributed by atoms with Crippen LogP contribution in [0.3, 0.4) is 0 Å². The van der Waals surface area contributed by atoms with Crippen molar-refractivity contribution in [3.05, 3.63) is 52.9 Å². The number of carbonyl (C=O) groups excluding carboxylic acids is 1. The van der Waals surface area contributed by atoms with Crippen LogP contribution in [0.2, 0.25) is 5.22 Å². The SMILES string of the molecule is O=C(Nc1ccc(CCBr)cc1)c1ccoc1Cl. The van der Waals surface area contributed by atoms with Crippen molar-refractivity contribution >= 4 is 39.1 Å².